The highest BCUT2D eigenvalue weighted by atomic mass is 16.2. The molecule has 0 saturated heterocycles. The molecule has 2 aliphatic rings. The fourth-order valence-electron chi connectivity index (χ4n) is 5.35. The summed E-state index contributed by atoms with van der Waals surface area (Å²) in [7, 11) is 0. The lowest BCUT2D eigenvalue weighted by atomic mass is 9.92. The van der Waals surface area contributed by atoms with Crippen LogP contribution in [0.15, 0.2) is 60.7 Å². The van der Waals surface area contributed by atoms with E-state index in [1.54, 1.807) is 0 Å². The molecular formula is C27H22N2O2. The Hall–Kier alpha value is -3.66. The lowest BCUT2D eigenvalue weighted by Crippen LogP contribution is -2.25. The average molecular weight is 406 g/mol. The van der Waals surface area contributed by atoms with E-state index in [9.17, 15) is 9.59 Å². The monoisotopic (exact) mass is 406 g/mol. The van der Waals surface area contributed by atoms with Crippen LogP contribution in [0.1, 0.15) is 45.7 Å². The molecule has 0 aromatic heterocycles. The number of anilines is 2. The molecule has 4 nitrogen and oxygen atoms in total. The largest absolute Gasteiger partial charge is 0.308 e. The molecule has 31 heavy (non-hydrogen) atoms. The topological polar surface area (TPSA) is 40.6 Å². The summed E-state index contributed by atoms with van der Waals surface area (Å²) in [5, 5.41) is 4.39. The molecule has 4 heteroatoms. The first-order valence-corrected chi connectivity index (χ1v) is 10.9. The minimum absolute atomic E-state index is 0.0868. The molecule has 0 spiro atoms. The van der Waals surface area contributed by atoms with E-state index in [1.165, 1.54) is 11.1 Å². The fourth-order valence-corrected chi connectivity index (χ4v) is 5.35. The lowest BCUT2D eigenvalue weighted by molar-refractivity contribution is 0.0986. The minimum Gasteiger partial charge on any atom is -0.308 e. The van der Waals surface area contributed by atoms with Gasteiger partial charge >= 0.3 is 0 Å². The van der Waals surface area contributed by atoms with Gasteiger partial charge in [-0.3, -0.25) is 9.59 Å². The van der Waals surface area contributed by atoms with Crippen LogP contribution in [-0.4, -0.2) is 24.9 Å². The number of nitrogens with zero attached hydrogens (tertiary/aromatic N) is 2. The Kier molecular flexibility index (Phi) is 3.75. The molecule has 6 rings (SSSR count). The van der Waals surface area contributed by atoms with Crippen molar-refractivity contribution >= 4 is 44.7 Å². The van der Waals surface area contributed by atoms with Gasteiger partial charge in [-0.15, -0.1) is 0 Å². The SMILES string of the molecule is CCN1C(=O)c2cccc3c(Cc4ccc5c6c(cccc46)C(=O)N5CC)ccc1c23. The predicted octanol–water partition coefficient (Wildman–Crippen LogP) is 5.54. The highest BCUT2D eigenvalue weighted by molar-refractivity contribution is 6.26. The molecule has 152 valence electrons. The van der Waals surface area contributed by atoms with Crippen LogP contribution < -0.4 is 9.80 Å². The fraction of sp³-hybridized carbons (Fsp3) is 0.185. The van der Waals surface area contributed by atoms with E-state index >= 15 is 0 Å². The number of amides is 2. The van der Waals surface area contributed by atoms with Crippen molar-refractivity contribution in [2.75, 3.05) is 22.9 Å². The third-order valence-electron chi connectivity index (χ3n) is 6.76. The van der Waals surface area contributed by atoms with Gasteiger partial charge in [-0.05, 0) is 66.4 Å². The third-order valence-corrected chi connectivity index (χ3v) is 6.76. The normalized spacial score (nSPS) is 14.5. The molecular weight excluding hydrogens is 384 g/mol. The van der Waals surface area contributed by atoms with Crippen LogP contribution in [0.4, 0.5) is 11.4 Å². The van der Waals surface area contributed by atoms with Gasteiger partial charge in [-0.1, -0.05) is 36.4 Å². The Bertz CT molecular complexity index is 1330. The van der Waals surface area contributed by atoms with Crippen molar-refractivity contribution in [1.29, 1.82) is 0 Å². The zero-order valence-corrected chi connectivity index (χ0v) is 17.6. The molecule has 0 fully saturated rings. The van der Waals surface area contributed by atoms with Crippen molar-refractivity contribution in [3.05, 3.63) is 82.9 Å². The molecule has 0 N–H and O–H groups in total. The summed E-state index contributed by atoms with van der Waals surface area (Å²) in [4.78, 5) is 29.3. The van der Waals surface area contributed by atoms with Crippen molar-refractivity contribution in [3.63, 3.8) is 0 Å². The van der Waals surface area contributed by atoms with Gasteiger partial charge in [0.2, 0.25) is 0 Å². The Morgan fingerprint density at radius 3 is 1.48 bits per heavy atom. The number of hydrogen-bond donors (Lipinski definition) is 0. The van der Waals surface area contributed by atoms with Gasteiger partial charge in [-0.2, -0.15) is 0 Å². The molecule has 0 unspecified atom stereocenters. The quantitative estimate of drug-likeness (QED) is 0.446. The highest BCUT2D eigenvalue weighted by Gasteiger charge is 2.31. The second kappa shape index (κ2) is 6.42. The Balaban J connectivity index is 1.53. The summed E-state index contributed by atoms with van der Waals surface area (Å²) in [5.74, 6) is 0.174. The number of carbonyl (C=O) groups is 2. The summed E-state index contributed by atoms with van der Waals surface area (Å²) < 4.78 is 0. The van der Waals surface area contributed by atoms with Gasteiger partial charge < -0.3 is 9.80 Å². The molecule has 0 bridgehead atoms. The van der Waals surface area contributed by atoms with Gasteiger partial charge in [0.15, 0.2) is 0 Å². The maximum absolute atomic E-state index is 12.8. The smallest absolute Gasteiger partial charge is 0.258 e. The molecule has 0 aliphatic carbocycles. The maximum Gasteiger partial charge on any atom is 0.258 e. The van der Waals surface area contributed by atoms with E-state index in [0.717, 1.165) is 50.5 Å². The molecule has 2 aliphatic heterocycles. The van der Waals surface area contributed by atoms with Gasteiger partial charge in [0.1, 0.15) is 0 Å². The zero-order valence-electron chi connectivity index (χ0n) is 17.6. The minimum atomic E-state index is 0.0868. The average Bonchev–Trinajstić information content (AvgIpc) is 3.24. The summed E-state index contributed by atoms with van der Waals surface area (Å²) >= 11 is 0. The molecule has 4 aromatic rings. The van der Waals surface area contributed by atoms with Gasteiger partial charge in [0.25, 0.3) is 11.8 Å². The molecule has 2 amide bonds. The van der Waals surface area contributed by atoms with Crippen LogP contribution in [0.5, 0.6) is 0 Å². The van der Waals surface area contributed by atoms with E-state index in [4.69, 9.17) is 0 Å². The molecule has 2 heterocycles. The lowest BCUT2D eigenvalue weighted by Gasteiger charge is -2.17. The third kappa shape index (κ3) is 2.30. The second-order valence-corrected chi connectivity index (χ2v) is 8.22. The van der Waals surface area contributed by atoms with E-state index in [1.807, 2.05) is 47.9 Å². The Labute approximate surface area is 180 Å². The Morgan fingerprint density at radius 2 is 1.06 bits per heavy atom. The summed E-state index contributed by atoms with van der Waals surface area (Å²) in [6, 6.07) is 20.5. The van der Waals surface area contributed by atoms with Crippen molar-refractivity contribution in [3.8, 4) is 0 Å². The van der Waals surface area contributed by atoms with Crippen molar-refractivity contribution in [2.45, 2.75) is 20.3 Å². The molecule has 0 atom stereocenters. The first-order valence-electron chi connectivity index (χ1n) is 10.9. The van der Waals surface area contributed by atoms with E-state index < -0.39 is 0 Å². The summed E-state index contributed by atoms with van der Waals surface area (Å²) in [6.45, 7) is 5.35. The van der Waals surface area contributed by atoms with E-state index in [-0.39, 0.29) is 11.8 Å². The van der Waals surface area contributed by atoms with Gasteiger partial charge in [0.05, 0.1) is 11.4 Å². The van der Waals surface area contributed by atoms with Crippen molar-refractivity contribution in [2.24, 2.45) is 0 Å². The van der Waals surface area contributed by atoms with Crippen LogP contribution in [0.2, 0.25) is 0 Å². The first-order chi connectivity index (χ1) is 15.1. The number of hydrogen-bond acceptors (Lipinski definition) is 2. The van der Waals surface area contributed by atoms with Gasteiger partial charge in [0, 0.05) is 35.0 Å². The molecule has 4 aromatic carbocycles. The molecule has 0 radical (unpaired) electrons. The van der Waals surface area contributed by atoms with Gasteiger partial charge in [-0.25, -0.2) is 0 Å². The van der Waals surface area contributed by atoms with E-state index in [2.05, 4.69) is 36.4 Å². The van der Waals surface area contributed by atoms with Crippen LogP contribution in [0.25, 0.3) is 21.5 Å². The number of benzene rings is 4. The second-order valence-electron chi connectivity index (χ2n) is 8.22. The van der Waals surface area contributed by atoms with Crippen molar-refractivity contribution < 1.29 is 9.59 Å². The number of rotatable bonds is 4. The van der Waals surface area contributed by atoms with Crippen LogP contribution in [0.3, 0.4) is 0 Å². The summed E-state index contributed by atoms with van der Waals surface area (Å²) in [5.41, 5.74) is 5.99. The Morgan fingerprint density at radius 1 is 0.613 bits per heavy atom. The van der Waals surface area contributed by atoms with Crippen LogP contribution in [0, 0.1) is 0 Å². The van der Waals surface area contributed by atoms with Crippen LogP contribution in [-0.2, 0) is 6.42 Å². The number of carbonyl (C=O) groups excluding carboxylic acids is 2. The standard InChI is InChI=1S/C27H22N2O2/c1-3-28-22-13-11-16(18-7-5-9-20(24(18)22)26(28)30)15-17-12-14-23-25-19(17)8-6-10-21(25)27(31)29(23)4-2/h5-14H,3-4,15H2,1-2H3. The van der Waals surface area contributed by atoms with Crippen LogP contribution >= 0.6 is 0 Å². The zero-order chi connectivity index (χ0) is 21.3. The highest BCUT2D eigenvalue weighted by Crippen LogP contribution is 2.42. The first kappa shape index (κ1) is 18.1. The van der Waals surface area contributed by atoms with E-state index in [0.29, 0.717) is 13.1 Å². The predicted molar refractivity (Wildman–Crippen MR) is 125 cm³/mol. The summed E-state index contributed by atoms with van der Waals surface area (Å²) in [6.07, 6.45) is 0.751. The maximum atomic E-state index is 12.8. The molecule has 0 saturated carbocycles. The van der Waals surface area contributed by atoms with Crippen molar-refractivity contribution in [1.82, 2.24) is 0 Å².